The molecule has 0 aliphatic carbocycles. The van der Waals surface area contributed by atoms with Crippen molar-refractivity contribution in [1.82, 2.24) is 15.5 Å². The van der Waals surface area contributed by atoms with E-state index in [1.54, 1.807) is 7.11 Å². The standard InChI is InChI=1S/C13H27N3O3.2ClH/c1-18-9-5-14-12-13(17)15-4-2-3-6-16-7-10-19-11-8-16;;/h14H,2-12H2,1H3,(H,15,17);2*1H. The smallest absolute Gasteiger partial charge is 0.233 e. The fraction of sp³-hybridized carbons (Fsp3) is 0.923. The van der Waals surface area contributed by atoms with Crippen LogP contribution in [0.3, 0.4) is 0 Å². The zero-order chi connectivity index (χ0) is 13.8. The van der Waals surface area contributed by atoms with Gasteiger partial charge in [-0.25, -0.2) is 0 Å². The number of methoxy groups -OCH3 is 1. The fourth-order valence-corrected chi connectivity index (χ4v) is 1.95. The normalized spacial score (nSPS) is 14.9. The molecule has 0 saturated carbocycles. The summed E-state index contributed by atoms with van der Waals surface area (Å²) in [6, 6.07) is 0. The van der Waals surface area contributed by atoms with Crippen LogP contribution in [0.2, 0.25) is 0 Å². The van der Waals surface area contributed by atoms with Gasteiger partial charge in [0.15, 0.2) is 0 Å². The Labute approximate surface area is 140 Å². The number of nitrogens with zero attached hydrogens (tertiary/aromatic N) is 1. The zero-order valence-electron chi connectivity index (χ0n) is 12.8. The third kappa shape index (κ3) is 13.3. The van der Waals surface area contributed by atoms with Gasteiger partial charge in [-0.1, -0.05) is 0 Å². The minimum absolute atomic E-state index is 0. The largest absolute Gasteiger partial charge is 0.383 e. The summed E-state index contributed by atoms with van der Waals surface area (Å²) in [5.41, 5.74) is 0. The van der Waals surface area contributed by atoms with Crippen molar-refractivity contribution in [2.24, 2.45) is 0 Å². The Morgan fingerprint density at radius 2 is 1.90 bits per heavy atom. The van der Waals surface area contributed by atoms with E-state index in [0.29, 0.717) is 19.7 Å². The molecule has 0 spiro atoms. The minimum atomic E-state index is 0. The van der Waals surface area contributed by atoms with E-state index in [1.807, 2.05) is 0 Å². The van der Waals surface area contributed by atoms with Gasteiger partial charge in [0.2, 0.25) is 5.91 Å². The number of morpholine rings is 1. The lowest BCUT2D eigenvalue weighted by molar-refractivity contribution is -0.120. The lowest BCUT2D eigenvalue weighted by atomic mass is 10.2. The quantitative estimate of drug-likeness (QED) is 0.557. The van der Waals surface area contributed by atoms with Gasteiger partial charge in [-0.3, -0.25) is 9.69 Å². The maximum atomic E-state index is 11.4. The van der Waals surface area contributed by atoms with Gasteiger partial charge < -0.3 is 20.1 Å². The molecule has 0 radical (unpaired) electrons. The van der Waals surface area contributed by atoms with Crippen molar-refractivity contribution in [2.75, 3.05) is 66.2 Å². The molecule has 1 saturated heterocycles. The average Bonchev–Trinajstić information content (AvgIpc) is 2.44. The molecule has 0 bridgehead atoms. The third-order valence-corrected chi connectivity index (χ3v) is 3.10. The number of hydrogen-bond acceptors (Lipinski definition) is 5. The molecule has 0 aromatic carbocycles. The molecule has 128 valence electrons. The Balaban J connectivity index is 0. The molecule has 1 aliphatic rings. The molecule has 2 N–H and O–H groups in total. The van der Waals surface area contributed by atoms with Gasteiger partial charge in [-0.05, 0) is 19.4 Å². The summed E-state index contributed by atoms with van der Waals surface area (Å²) in [5, 5.41) is 5.93. The van der Waals surface area contributed by atoms with Crippen LogP contribution < -0.4 is 10.6 Å². The Kier molecular flexibility index (Phi) is 17.9. The fourth-order valence-electron chi connectivity index (χ4n) is 1.95. The number of amides is 1. The predicted octanol–water partition coefficient (Wildman–Crippen LogP) is 0.295. The van der Waals surface area contributed by atoms with Crippen molar-refractivity contribution in [3.63, 3.8) is 0 Å². The highest BCUT2D eigenvalue weighted by Gasteiger charge is 2.09. The Morgan fingerprint density at radius 1 is 1.19 bits per heavy atom. The Bertz CT molecular complexity index is 243. The van der Waals surface area contributed by atoms with E-state index in [1.165, 1.54) is 0 Å². The minimum Gasteiger partial charge on any atom is -0.383 e. The van der Waals surface area contributed by atoms with Crippen LogP contribution in [-0.2, 0) is 14.3 Å². The second kappa shape index (κ2) is 16.3. The molecule has 1 aliphatic heterocycles. The van der Waals surface area contributed by atoms with Gasteiger partial charge in [-0.2, -0.15) is 0 Å². The molecule has 0 atom stereocenters. The van der Waals surface area contributed by atoms with E-state index >= 15 is 0 Å². The SMILES string of the molecule is COCCNCC(=O)NCCCCN1CCOCC1.Cl.Cl. The summed E-state index contributed by atoms with van der Waals surface area (Å²) in [6.45, 7) is 7.35. The molecule has 0 aromatic heterocycles. The molecule has 6 nitrogen and oxygen atoms in total. The van der Waals surface area contributed by atoms with Crippen LogP contribution in [0, 0.1) is 0 Å². The molecule has 0 unspecified atom stereocenters. The Hall–Kier alpha value is -0.110. The summed E-state index contributed by atoms with van der Waals surface area (Å²) in [4.78, 5) is 13.8. The summed E-state index contributed by atoms with van der Waals surface area (Å²) >= 11 is 0. The molecule has 1 fully saturated rings. The number of rotatable bonds is 10. The zero-order valence-corrected chi connectivity index (χ0v) is 14.4. The summed E-state index contributed by atoms with van der Waals surface area (Å²) in [6.07, 6.45) is 2.15. The van der Waals surface area contributed by atoms with Crippen molar-refractivity contribution in [3.8, 4) is 0 Å². The molecule has 1 heterocycles. The van der Waals surface area contributed by atoms with Crippen molar-refractivity contribution >= 4 is 30.7 Å². The highest BCUT2D eigenvalue weighted by molar-refractivity contribution is 5.85. The van der Waals surface area contributed by atoms with Crippen LogP contribution in [0.1, 0.15) is 12.8 Å². The van der Waals surface area contributed by atoms with Crippen molar-refractivity contribution < 1.29 is 14.3 Å². The molecular weight excluding hydrogens is 317 g/mol. The van der Waals surface area contributed by atoms with Crippen LogP contribution in [0.5, 0.6) is 0 Å². The maximum Gasteiger partial charge on any atom is 0.233 e. The monoisotopic (exact) mass is 345 g/mol. The van der Waals surface area contributed by atoms with Crippen LogP contribution in [-0.4, -0.2) is 77.0 Å². The predicted molar refractivity (Wildman–Crippen MR) is 88.7 cm³/mol. The van der Waals surface area contributed by atoms with Gasteiger partial charge in [-0.15, -0.1) is 24.8 Å². The van der Waals surface area contributed by atoms with Crippen LogP contribution in [0.4, 0.5) is 0 Å². The van der Waals surface area contributed by atoms with Gasteiger partial charge in [0.05, 0.1) is 26.4 Å². The van der Waals surface area contributed by atoms with E-state index in [9.17, 15) is 4.79 Å². The number of unbranched alkanes of at least 4 members (excludes halogenated alkanes) is 1. The number of carbonyl (C=O) groups excluding carboxylic acids is 1. The summed E-state index contributed by atoms with van der Waals surface area (Å²) in [7, 11) is 1.65. The number of halogens is 2. The first-order chi connectivity index (χ1) is 9.33. The number of nitrogens with one attached hydrogen (secondary N) is 2. The molecule has 8 heteroatoms. The topological polar surface area (TPSA) is 62.8 Å². The lowest BCUT2D eigenvalue weighted by Gasteiger charge is -2.26. The molecule has 0 aromatic rings. The maximum absolute atomic E-state index is 11.4. The molecular formula is C13H29Cl2N3O3. The van der Waals surface area contributed by atoms with Gasteiger partial charge in [0, 0.05) is 33.3 Å². The second-order valence-corrected chi connectivity index (χ2v) is 4.68. The first-order valence-electron chi connectivity index (χ1n) is 7.09. The second-order valence-electron chi connectivity index (χ2n) is 4.68. The lowest BCUT2D eigenvalue weighted by Crippen LogP contribution is -2.37. The summed E-state index contributed by atoms with van der Waals surface area (Å²) in [5.74, 6) is 0.0578. The Morgan fingerprint density at radius 3 is 2.57 bits per heavy atom. The van der Waals surface area contributed by atoms with Crippen LogP contribution in [0.25, 0.3) is 0 Å². The number of carbonyl (C=O) groups is 1. The molecule has 1 amide bonds. The highest BCUT2D eigenvalue weighted by atomic mass is 35.5. The average molecular weight is 346 g/mol. The van der Waals surface area contributed by atoms with E-state index < -0.39 is 0 Å². The summed E-state index contributed by atoms with van der Waals surface area (Å²) < 4.78 is 10.2. The van der Waals surface area contributed by atoms with Crippen LogP contribution in [0.15, 0.2) is 0 Å². The van der Waals surface area contributed by atoms with Gasteiger partial charge in [0.25, 0.3) is 0 Å². The van der Waals surface area contributed by atoms with Crippen molar-refractivity contribution in [1.29, 1.82) is 0 Å². The van der Waals surface area contributed by atoms with Gasteiger partial charge in [0.1, 0.15) is 0 Å². The number of hydrogen-bond donors (Lipinski definition) is 2. The molecule has 1 rings (SSSR count). The molecule has 21 heavy (non-hydrogen) atoms. The first kappa shape index (κ1) is 23.2. The van der Waals surface area contributed by atoms with Crippen LogP contribution >= 0.6 is 24.8 Å². The van der Waals surface area contributed by atoms with E-state index in [0.717, 1.165) is 52.2 Å². The van der Waals surface area contributed by atoms with Crippen molar-refractivity contribution in [3.05, 3.63) is 0 Å². The van der Waals surface area contributed by atoms with E-state index in [2.05, 4.69) is 15.5 Å². The third-order valence-electron chi connectivity index (χ3n) is 3.10. The van der Waals surface area contributed by atoms with E-state index in [4.69, 9.17) is 9.47 Å². The van der Waals surface area contributed by atoms with E-state index in [-0.39, 0.29) is 30.7 Å². The van der Waals surface area contributed by atoms with Crippen molar-refractivity contribution in [2.45, 2.75) is 12.8 Å². The first-order valence-corrected chi connectivity index (χ1v) is 7.09. The highest BCUT2D eigenvalue weighted by Crippen LogP contribution is 1.99. The number of ether oxygens (including phenoxy) is 2. The van der Waals surface area contributed by atoms with Gasteiger partial charge >= 0.3 is 0 Å².